The number of rotatable bonds is 6. The van der Waals surface area contributed by atoms with E-state index >= 15 is 0 Å². The number of nitrogen functional groups attached to an aromatic ring is 1. The number of nitro benzene ring substituents is 1. The molecule has 0 saturated heterocycles. The van der Waals surface area contributed by atoms with Crippen molar-refractivity contribution in [3.8, 4) is 0 Å². The van der Waals surface area contributed by atoms with Crippen LogP contribution in [-0.4, -0.2) is 34.8 Å². The van der Waals surface area contributed by atoms with Crippen LogP contribution in [0.1, 0.15) is 22.3 Å². The number of carboxylic acid groups (broad SMARTS) is 1. The van der Waals surface area contributed by atoms with Gasteiger partial charge in [-0.05, 0) is 71.3 Å². The van der Waals surface area contributed by atoms with Gasteiger partial charge in [-0.1, -0.05) is 42.0 Å². The van der Waals surface area contributed by atoms with Gasteiger partial charge < -0.3 is 10.8 Å². The molecule has 38 heavy (non-hydrogen) atoms. The molecule has 4 aromatic rings. The van der Waals surface area contributed by atoms with Crippen molar-refractivity contribution in [3.63, 3.8) is 0 Å². The summed E-state index contributed by atoms with van der Waals surface area (Å²) in [6.07, 6.45) is 1.47. The topological polar surface area (TPSA) is 185 Å². The molecular formula is C27H23N3O7S. The van der Waals surface area contributed by atoms with Crippen molar-refractivity contribution < 1.29 is 27.8 Å². The third-order valence-electron chi connectivity index (χ3n) is 5.43. The third kappa shape index (κ3) is 7.09. The first-order chi connectivity index (χ1) is 17.8. The Morgan fingerprint density at radius 3 is 1.92 bits per heavy atom. The molecule has 194 valence electrons. The molecule has 0 amide bonds. The highest BCUT2D eigenvalue weighted by molar-refractivity contribution is 7.85. The van der Waals surface area contributed by atoms with Gasteiger partial charge in [-0.2, -0.15) is 8.42 Å². The SMILES string of the molecule is Cc1ccc(S(=O)(=O)O)cc1.N=C(N)c1ccc2cc(C(=Cc3ccc([N+](=O)[O-])cc3)C(=O)O)ccc2c1. The Kier molecular flexibility index (Phi) is 8.36. The fourth-order valence-corrected chi connectivity index (χ4v) is 3.90. The number of hydrogen-bond acceptors (Lipinski definition) is 6. The van der Waals surface area contributed by atoms with Crippen LogP contribution in [0, 0.1) is 22.4 Å². The third-order valence-corrected chi connectivity index (χ3v) is 6.29. The monoisotopic (exact) mass is 533 g/mol. The van der Waals surface area contributed by atoms with Crippen LogP contribution in [0.4, 0.5) is 5.69 Å². The van der Waals surface area contributed by atoms with Gasteiger partial charge in [0.1, 0.15) is 5.84 Å². The minimum Gasteiger partial charge on any atom is -0.478 e. The average Bonchev–Trinajstić information content (AvgIpc) is 2.87. The molecule has 0 bridgehead atoms. The van der Waals surface area contributed by atoms with E-state index in [9.17, 15) is 28.4 Å². The number of carboxylic acids is 1. The van der Waals surface area contributed by atoms with E-state index in [1.54, 1.807) is 48.5 Å². The molecule has 0 fully saturated rings. The fraction of sp³-hybridized carbons (Fsp3) is 0.0370. The highest BCUT2D eigenvalue weighted by Crippen LogP contribution is 2.25. The normalized spacial score (nSPS) is 11.4. The second kappa shape index (κ2) is 11.5. The summed E-state index contributed by atoms with van der Waals surface area (Å²) in [7, 11) is -4.02. The Labute approximate surface area is 218 Å². The number of nitrogens with two attached hydrogens (primary N) is 1. The maximum atomic E-state index is 11.7. The predicted octanol–water partition coefficient (Wildman–Crippen LogP) is 4.90. The largest absolute Gasteiger partial charge is 0.478 e. The van der Waals surface area contributed by atoms with E-state index in [4.69, 9.17) is 15.7 Å². The lowest BCUT2D eigenvalue weighted by Gasteiger charge is -2.07. The van der Waals surface area contributed by atoms with Crippen LogP contribution in [0.15, 0.2) is 89.8 Å². The first kappa shape index (κ1) is 27.7. The molecule has 0 aromatic heterocycles. The smallest absolute Gasteiger partial charge is 0.336 e. The summed E-state index contributed by atoms with van der Waals surface area (Å²) >= 11 is 0. The number of amidine groups is 1. The Hall–Kier alpha value is -4.87. The number of fused-ring (bicyclic) bond motifs is 1. The van der Waals surface area contributed by atoms with Crippen molar-refractivity contribution in [2.75, 3.05) is 0 Å². The second-order valence-corrected chi connectivity index (χ2v) is 9.61. The molecule has 0 aliphatic heterocycles. The molecule has 0 atom stereocenters. The molecule has 0 aliphatic rings. The Morgan fingerprint density at radius 1 is 0.921 bits per heavy atom. The molecular weight excluding hydrogens is 510 g/mol. The lowest BCUT2D eigenvalue weighted by atomic mass is 9.98. The van der Waals surface area contributed by atoms with E-state index in [0.717, 1.165) is 16.3 Å². The number of hydrogen-bond donors (Lipinski definition) is 4. The lowest BCUT2D eigenvalue weighted by molar-refractivity contribution is -0.384. The van der Waals surface area contributed by atoms with E-state index in [1.165, 1.54) is 42.5 Å². The molecule has 0 heterocycles. The highest BCUT2D eigenvalue weighted by atomic mass is 32.2. The predicted molar refractivity (Wildman–Crippen MR) is 145 cm³/mol. The van der Waals surface area contributed by atoms with E-state index in [2.05, 4.69) is 0 Å². The minimum absolute atomic E-state index is 0.0368. The van der Waals surface area contributed by atoms with Crippen LogP contribution in [0.5, 0.6) is 0 Å². The quantitative estimate of drug-likeness (QED) is 0.0512. The van der Waals surface area contributed by atoms with Gasteiger partial charge in [-0.15, -0.1) is 0 Å². The maximum Gasteiger partial charge on any atom is 0.336 e. The molecule has 11 heteroatoms. The average molecular weight is 534 g/mol. The number of aliphatic carboxylic acids is 1. The van der Waals surface area contributed by atoms with Gasteiger partial charge in [-0.25, -0.2) is 4.79 Å². The summed E-state index contributed by atoms with van der Waals surface area (Å²) in [6.45, 7) is 1.84. The first-order valence-electron chi connectivity index (χ1n) is 11.0. The number of nitrogens with zero attached hydrogens (tertiary/aromatic N) is 1. The Morgan fingerprint density at radius 2 is 1.45 bits per heavy atom. The van der Waals surface area contributed by atoms with Crippen LogP contribution < -0.4 is 5.73 Å². The maximum absolute atomic E-state index is 11.7. The number of nitro groups is 1. The van der Waals surface area contributed by atoms with E-state index in [1.807, 2.05) is 6.92 Å². The zero-order chi connectivity index (χ0) is 28.0. The summed E-state index contributed by atoms with van der Waals surface area (Å²) in [5.41, 5.74) is 8.10. The number of nitrogens with one attached hydrogen (secondary N) is 1. The molecule has 0 spiro atoms. The van der Waals surface area contributed by atoms with Gasteiger partial charge in [0.2, 0.25) is 0 Å². The van der Waals surface area contributed by atoms with Crippen LogP contribution in [-0.2, 0) is 14.9 Å². The molecule has 0 unspecified atom stereocenters. The van der Waals surface area contributed by atoms with Crippen molar-refractivity contribution in [2.24, 2.45) is 5.73 Å². The molecule has 0 saturated carbocycles. The van der Waals surface area contributed by atoms with Gasteiger partial charge in [0.15, 0.2) is 0 Å². The lowest BCUT2D eigenvalue weighted by Crippen LogP contribution is -2.10. The Balaban J connectivity index is 0.000000304. The number of aryl methyl sites for hydroxylation is 1. The number of carbonyl (C=O) groups is 1. The number of benzene rings is 4. The summed E-state index contributed by atoms with van der Waals surface area (Å²) in [4.78, 5) is 21.9. The van der Waals surface area contributed by atoms with Gasteiger partial charge in [0, 0.05) is 17.7 Å². The van der Waals surface area contributed by atoms with Crippen molar-refractivity contribution in [1.29, 1.82) is 5.41 Å². The van der Waals surface area contributed by atoms with Gasteiger partial charge >= 0.3 is 5.97 Å². The molecule has 10 nitrogen and oxygen atoms in total. The van der Waals surface area contributed by atoms with Crippen molar-refractivity contribution >= 4 is 50.0 Å². The first-order valence-corrected chi connectivity index (χ1v) is 12.4. The van der Waals surface area contributed by atoms with Gasteiger partial charge in [0.05, 0.1) is 15.4 Å². The Bertz CT molecular complexity index is 1660. The van der Waals surface area contributed by atoms with E-state index in [0.29, 0.717) is 16.7 Å². The minimum atomic E-state index is -4.02. The zero-order valence-corrected chi connectivity index (χ0v) is 20.8. The van der Waals surface area contributed by atoms with Crippen LogP contribution in [0.25, 0.3) is 22.4 Å². The van der Waals surface area contributed by atoms with Gasteiger partial charge in [0.25, 0.3) is 15.8 Å². The van der Waals surface area contributed by atoms with E-state index < -0.39 is 21.0 Å². The summed E-state index contributed by atoms with van der Waals surface area (Å²) < 4.78 is 29.6. The second-order valence-electron chi connectivity index (χ2n) is 8.19. The van der Waals surface area contributed by atoms with Crippen LogP contribution in [0.2, 0.25) is 0 Å². The van der Waals surface area contributed by atoms with E-state index in [-0.39, 0.29) is 22.0 Å². The summed E-state index contributed by atoms with van der Waals surface area (Å²) in [5.74, 6) is -1.14. The summed E-state index contributed by atoms with van der Waals surface area (Å²) in [6, 6.07) is 22.1. The van der Waals surface area contributed by atoms with Crippen LogP contribution in [0.3, 0.4) is 0 Å². The molecule has 4 rings (SSSR count). The van der Waals surface area contributed by atoms with Crippen molar-refractivity contribution in [2.45, 2.75) is 11.8 Å². The van der Waals surface area contributed by atoms with Gasteiger partial charge in [-0.3, -0.25) is 20.1 Å². The highest BCUT2D eigenvalue weighted by Gasteiger charge is 2.12. The molecule has 0 aliphatic carbocycles. The fourth-order valence-electron chi connectivity index (χ4n) is 3.42. The van der Waals surface area contributed by atoms with Crippen LogP contribution >= 0.6 is 0 Å². The molecule has 4 aromatic carbocycles. The zero-order valence-electron chi connectivity index (χ0n) is 20.0. The van der Waals surface area contributed by atoms with Crippen molar-refractivity contribution in [3.05, 3.63) is 117 Å². The standard InChI is InChI=1S/C20H15N3O4.C7H8O3S/c21-19(22)16-6-4-13-10-15(5-3-14(13)11-16)18(20(24)25)9-12-1-7-17(8-2-12)23(26)27;1-6-2-4-7(5-3-6)11(8,9)10/h1-11H,(H3,21,22)(H,24,25);2-5H,1H3,(H,8,9,10). The molecule has 5 N–H and O–H groups in total. The summed E-state index contributed by atoms with van der Waals surface area (Å²) in [5, 5.41) is 29.5. The molecule has 0 radical (unpaired) electrons. The number of non-ortho nitro benzene ring substituents is 1. The van der Waals surface area contributed by atoms with Crippen molar-refractivity contribution in [1.82, 2.24) is 0 Å².